The van der Waals surface area contributed by atoms with Gasteiger partial charge in [0, 0.05) is 0 Å². The zero-order valence-electron chi connectivity index (χ0n) is 7.30. The van der Waals surface area contributed by atoms with Gasteiger partial charge in [0.2, 0.25) is 5.88 Å². The van der Waals surface area contributed by atoms with Crippen molar-refractivity contribution in [3.05, 3.63) is 22.3 Å². The van der Waals surface area contributed by atoms with Gasteiger partial charge in [-0.05, 0) is 11.6 Å². The Kier molecular flexibility index (Phi) is 3.60. The SMILES string of the molecule is COc1nc(Cl)cc(CO)c1C(F)F. The van der Waals surface area contributed by atoms with Crippen LogP contribution in [0.5, 0.6) is 5.88 Å². The van der Waals surface area contributed by atoms with Crippen LogP contribution in [0, 0.1) is 0 Å². The second-order valence-electron chi connectivity index (χ2n) is 2.49. The Morgan fingerprint density at radius 3 is 2.71 bits per heavy atom. The number of aliphatic hydroxyl groups is 1. The van der Waals surface area contributed by atoms with Crippen LogP contribution in [0.4, 0.5) is 8.78 Å². The van der Waals surface area contributed by atoms with Gasteiger partial charge in [-0.15, -0.1) is 0 Å². The lowest BCUT2D eigenvalue weighted by atomic mass is 10.1. The molecule has 0 aromatic carbocycles. The smallest absolute Gasteiger partial charge is 0.269 e. The minimum absolute atomic E-state index is 0.00954. The van der Waals surface area contributed by atoms with E-state index in [1.165, 1.54) is 13.2 Å². The molecule has 0 saturated heterocycles. The number of methoxy groups -OCH3 is 1. The highest BCUT2D eigenvalue weighted by Gasteiger charge is 2.20. The molecule has 1 heterocycles. The van der Waals surface area contributed by atoms with Crippen LogP contribution in [0.25, 0.3) is 0 Å². The van der Waals surface area contributed by atoms with Crippen molar-refractivity contribution in [3.63, 3.8) is 0 Å². The van der Waals surface area contributed by atoms with E-state index >= 15 is 0 Å². The molecule has 0 unspecified atom stereocenters. The number of nitrogens with zero attached hydrogens (tertiary/aromatic N) is 1. The second kappa shape index (κ2) is 4.52. The maximum absolute atomic E-state index is 12.5. The van der Waals surface area contributed by atoms with Crippen molar-refractivity contribution >= 4 is 11.6 Å². The molecule has 14 heavy (non-hydrogen) atoms. The zero-order valence-corrected chi connectivity index (χ0v) is 8.05. The highest BCUT2D eigenvalue weighted by Crippen LogP contribution is 2.32. The standard InChI is InChI=1S/C8H8ClF2NO2/c1-14-8-6(7(10)11)4(3-13)2-5(9)12-8/h2,7,13H,3H2,1H3. The Balaban J connectivity index is 3.33. The largest absolute Gasteiger partial charge is 0.481 e. The van der Waals surface area contributed by atoms with Crippen molar-refractivity contribution in [2.75, 3.05) is 7.11 Å². The molecule has 3 nitrogen and oxygen atoms in total. The summed E-state index contributed by atoms with van der Waals surface area (Å²) < 4.78 is 29.7. The number of halogens is 3. The number of rotatable bonds is 3. The molecular weight excluding hydrogens is 216 g/mol. The Morgan fingerprint density at radius 2 is 2.29 bits per heavy atom. The number of ether oxygens (including phenoxy) is 1. The van der Waals surface area contributed by atoms with E-state index in [-0.39, 0.29) is 16.6 Å². The highest BCUT2D eigenvalue weighted by atomic mass is 35.5. The van der Waals surface area contributed by atoms with Gasteiger partial charge < -0.3 is 9.84 Å². The van der Waals surface area contributed by atoms with E-state index < -0.39 is 18.6 Å². The Labute approximate surface area is 84.3 Å². The van der Waals surface area contributed by atoms with Crippen molar-refractivity contribution in [1.29, 1.82) is 0 Å². The molecule has 0 fully saturated rings. The fourth-order valence-corrected chi connectivity index (χ4v) is 1.28. The van der Waals surface area contributed by atoms with Crippen LogP contribution in [-0.2, 0) is 6.61 Å². The monoisotopic (exact) mass is 223 g/mol. The van der Waals surface area contributed by atoms with E-state index in [9.17, 15) is 8.78 Å². The van der Waals surface area contributed by atoms with Crippen molar-refractivity contribution in [2.45, 2.75) is 13.0 Å². The van der Waals surface area contributed by atoms with Gasteiger partial charge in [-0.25, -0.2) is 13.8 Å². The van der Waals surface area contributed by atoms with Crippen LogP contribution >= 0.6 is 11.6 Å². The minimum atomic E-state index is -2.75. The summed E-state index contributed by atoms with van der Waals surface area (Å²) in [5.74, 6) is -0.253. The number of hydrogen-bond donors (Lipinski definition) is 1. The lowest BCUT2D eigenvalue weighted by molar-refractivity contribution is 0.141. The van der Waals surface area contributed by atoms with Gasteiger partial charge in [-0.3, -0.25) is 0 Å². The normalized spacial score (nSPS) is 10.7. The number of aliphatic hydroxyl groups excluding tert-OH is 1. The summed E-state index contributed by atoms with van der Waals surface area (Å²) in [6.45, 7) is -0.529. The molecule has 0 radical (unpaired) electrons. The van der Waals surface area contributed by atoms with Crippen molar-refractivity contribution in [1.82, 2.24) is 4.98 Å². The van der Waals surface area contributed by atoms with Gasteiger partial charge in [0.25, 0.3) is 6.43 Å². The molecule has 1 rings (SSSR count). The van der Waals surface area contributed by atoms with Crippen LogP contribution in [0.15, 0.2) is 6.07 Å². The third-order valence-corrected chi connectivity index (χ3v) is 1.85. The van der Waals surface area contributed by atoms with Gasteiger partial charge in [-0.1, -0.05) is 11.6 Å². The molecule has 0 aliphatic carbocycles. The van der Waals surface area contributed by atoms with E-state index in [1.54, 1.807) is 0 Å². The summed E-state index contributed by atoms with van der Waals surface area (Å²) >= 11 is 5.54. The van der Waals surface area contributed by atoms with Crippen molar-refractivity contribution in [2.24, 2.45) is 0 Å². The van der Waals surface area contributed by atoms with E-state index in [0.29, 0.717) is 0 Å². The van der Waals surface area contributed by atoms with Crippen LogP contribution in [0.2, 0.25) is 5.15 Å². The molecular formula is C8H8ClF2NO2. The number of hydrogen-bond acceptors (Lipinski definition) is 3. The third kappa shape index (κ3) is 2.10. The van der Waals surface area contributed by atoms with Crippen LogP contribution < -0.4 is 4.74 Å². The van der Waals surface area contributed by atoms with E-state index in [1.807, 2.05) is 0 Å². The molecule has 1 N–H and O–H groups in total. The predicted molar refractivity (Wildman–Crippen MR) is 46.7 cm³/mol. The molecule has 0 amide bonds. The van der Waals surface area contributed by atoms with Gasteiger partial charge in [-0.2, -0.15) is 0 Å². The fourth-order valence-electron chi connectivity index (χ4n) is 1.07. The maximum atomic E-state index is 12.5. The quantitative estimate of drug-likeness (QED) is 0.799. The van der Waals surface area contributed by atoms with Gasteiger partial charge in [0.1, 0.15) is 5.15 Å². The third-order valence-electron chi connectivity index (χ3n) is 1.66. The summed E-state index contributed by atoms with van der Waals surface area (Å²) in [5.41, 5.74) is -0.392. The first-order valence-electron chi connectivity index (χ1n) is 3.72. The molecule has 0 aliphatic rings. The van der Waals surface area contributed by atoms with E-state index in [2.05, 4.69) is 9.72 Å². The van der Waals surface area contributed by atoms with E-state index in [0.717, 1.165) is 0 Å². The number of alkyl halides is 2. The molecule has 78 valence electrons. The van der Waals surface area contributed by atoms with Crippen LogP contribution in [0.1, 0.15) is 17.6 Å². The van der Waals surface area contributed by atoms with Gasteiger partial charge >= 0.3 is 0 Å². The first-order valence-corrected chi connectivity index (χ1v) is 4.10. The lowest BCUT2D eigenvalue weighted by Crippen LogP contribution is -2.01. The van der Waals surface area contributed by atoms with Crippen LogP contribution in [0.3, 0.4) is 0 Å². The Morgan fingerprint density at radius 1 is 1.64 bits per heavy atom. The zero-order chi connectivity index (χ0) is 10.7. The van der Waals surface area contributed by atoms with Crippen molar-refractivity contribution < 1.29 is 18.6 Å². The Bertz CT molecular complexity index is 308. The number of aromatic nitrogens is 1. The van der Waals surface area contributed by atoms with Crippen LogP contribution in [-0.4, -0.2) is 17.2 Å². The second-order valence-corrected chi connectivity index (χ2v) is 2.87. The molecule has 0 bridgehead atoms. The number of pyridine rings is 1. The molecule has 0 atom stereocenters. The summed E-state index contributed by atoms with van der Waals surface area (Å²) in [7, 11) is 1.21. The molecule has 0 saturated carbocycles. The van der Waals surface area contributed by atoms with Crippen molar-refractivity contribution in [3.8, 4) is 5.88 Å². The summed E-state index contributed by atoms with van der Waals surface area (Å²) in [6.07, 6.45) is -2.75. The molecule has 6 heteroatoms. The van der Waals surface area contributed by atoms with Gasteiger partial charge in [0.05, 0.1) is 19.3 Å². The average Bonchev–Trinajstić information content (AvgIpc) is 2.15. The highest BCUT2D eigenvalue weighted by molar-refractivity contribution is 6.29. The summed E-state index contributed by atoms with van der Waals surface area (Å²) in [5, 5.41) is 8.85. The first kappa shape index (κ1) is 11.1. The minimum Gasteiger partial charge on any atom is -0.481 e. The predicted octanol–water partition coefficient (Wildman–Crippen LogP) is 2.17. The molecule has 0 spiro atoms. The lowest BCUT2D eigenvalue weighted by Gasteiger charge is -2.10. The summed E-state index contributed by atoms with van der Waals surface area (Å²) in [4.78, 5) is 3.57. The molecule has 1 aromatic heterocycles. The van der Waals surface area contributed by atoms with Gasteiger partial charge in [0.15, 0.2) is 0 Å². The average molecular weight is 224 g/mol. The molecule has 1 aromatic rings. The maximum Gasteiger partial charge on any atom is 0.269 e. The topological polar surface area (TPSA) is 42.4 Å². The van der Waals surface area contributed by atoms with E-state index in [4.69, 9.17) is 16.7 Å². The fraction of sp³-hybridized carbons (Fsp3) is 0.375. The Hall–Kier alpha value is -0.940. The summed E-state index contributed by atoms with van der Waals surface area (Å²) in [6, 6.07) is 1.19. The first-order chi connectivity index (χ1) is 6.60. The molecule has 0 aliphatic heterocycles.